The zero-order chi connectivity index (χ0) is 29.1. The standard InChI is InChI=1S/C29H25ClN4O5S2/c1-33(26-13-14-34(28(26)35)17-22-9-8-21(16-31)40-22)41(37,38)23-10-11-24-20(15-23)7-12-25(27(24)30)32-29(36)39-18-19-5-3-2-4-6-19/h2-12,15,26H,13-14,17-18H2,1H3,(H,32,36)/t26-/m0/s1. The number of fused-ring (bicyclic) bond motifs is 1. The van der Waals surface area contributed by atoms with Crippen LogP contribution in [0.5, 0.6) is 0 Å². The van der Waals surface area contributed by atoms with E-state index in [2.05, 4.69) is 11.4 Å². The lowest BCUT2D eigenvalue weighted by Gasteiger charge is -2.23. The summed E-state index contributed by atoms with van der Waals surface area (Å²) in [5.41, 5.74) is 1.17. The molecule has 0 spiro atoms. The molecule has 1 N–H and O–H groups in total. The van der Waals surface area contributed by atoms with Crippen LogP contribution in [0.25, 0.3) is 10.8 Å². The third-order valence-corrected chi connectivity index (χ3v) is 10.1. The largest absolute Gasteiger partial charge is 0.444 e. The van der Waals surface area contributed by atoms with E-state index in [1.807, 2.05) is 30.3 Å². The number of anilines is 1. The summed E-state index contributed by atoms with van der Waals surface area (Å²) >= 11 is 7.86. The van der Waals surface area contributed by atoms with Gasteiger partial charge in [-0.2, -0.15) is 9.57 Å². The van der Waals surface area contributed by atoms with Crippen molar-refractivity contribution in [3.8, 4) is 6.07 Å². The van der Waals surface area contributed by atoms with Gasteiger partial charge < -0.3 is 9.64 Å². The summed E-state index contributed by atoms with van der Waals surface area (Å²) in [5, 5.41) is 13.0. The van der Waals surface area contributed by atoms with E-state index in [0.29, 0.717) is 40.8 Å². The molecular weight excluding hydrogens is 584 g/mol. The summed E-state index contributed by atoms with van der Waals surface area (Å²) in [7, 11) is -2.60. The second-order valence-electron chi connectivity index (χ2n) is 9.46. The minimum atomic E-state index is -4.01. The van der Waals surface area contributed by atoms with Crippen LogP contribution in [0.3, 0.4) is 0 Å². The van der Waals surface area contributed by atoms with Crippen molar-refractivity contribution in [3.05, 3.63) is 93.1 Å². The minimum absolute atomic E-state index is 0.0229. The molecule has 210 valence electrons. The van der Waals surface area contributed by atoms with E-state index in [-0.39, 0.29) is 22.4 Å². The Balaban J connectivity index is 1.28. The Labute approximate surface area is 246 Å². The number of rotatable bonds is 8. The van der Waals surface area contributed by atoms with Crippen molar-refractivity contribution in [3.63, 3.8) is 0 Å². The number of likely N-dealkylation sites (N-methyl/N-ethyl adjacent to an activating group) is 1. The lowest BCUT2D eigenvalue weighted by molar-refractivity contribution is -0.131. The van der Waals surface area contributed by atoms with Crippen LogP contribution in [-0.2, 0) is 32.7 Å². The summed E-state index contributed by atoms with van der Waals surface area (Å²) in [6.45, 7) is 0.851. The average molecular weight is 609 g/mol. The molecule has 0 radical (unpaired) electrons. The Morgan fingerprint density at radius 1 is 1.17 bits per heavy atom. The van der Waals surface area contributed by atoms with Gasteiger partial charge in [-0.15, -0.1) is 11.3 Å². The Morgan fingerprint density at radius 3 is 2.68 bits per heavy atom. The molecular formula is C29H25ClN4O5S2. The predicted molar refractivity (Wildman–Crippen MR) is 157 cm³/mol. The van der Waals surface area contributed by atoms with Gasteiger partial charge in [-0.25, -0.2) is 13.2 Å². The predicted octanol–water partition coefficient (Wildman–Crippen LogP) is 5.60. The third kappa shape index (κ3) is 6.06. The van der Waals surface area contributed by atoms with Gasteiger partial charge in [-0.3, -0.25) is 10.1 Å². The van der Waals surface area contributed by atoms with Crippen LogP contribution in [0.15, 0.2) is 77.7 Å². The van der Waals surface area contributed by atoms with E-state index in [1.54, 1.807) is 35.2 Å². The Kier molecular flexibility index (Phi) is 8.28. The number of benzene rings is 3. The van der Waals surface area contributed by atoms with Gasteiger partial charge in [0.25, 0.3) is 0 Å². The number of sulfonamides is 1. The molecule has 2 amide bonds. The molecule has 1 atom stereocenters. The van der Waals surface area contributed by atoms with E-state index in [0.717, 1.165) is 14.7 Å². The summed E-state index contributed by atoms with van der Waals surface area (Å²) in [4.78, 5) is 28.5. The molecule has 1 aromatic heterocycles. The monoisotopic (exact) mass is 608 g/mol. The zero-order valence-corrected chi connectivity index (χ0v) is 24.3. The smallest absolute Gasteiger partial charge is 0.412 e. The number of amides is 2. The lowest BCUT2D eigenvalue weighted by Crippen LogP contribution is -2.42. The van der Waals surface area contributed by atoms with Crippen molar-refractivity contribution in [2.24, 2.45) is 0 Å². The number of halogens is 1. The average Bonchev–Trinajstić information content (AvgIpc) is 3.59. The summed E-state index contributed by atoms with van der Waals surface area (Å²) < 4.78 is 33.4. The first-order valence-electron chi connectivity index (χ1n) is 12.6. The van der Waals surface area contributed by atoms with Crippen LogP contribution in [0.4, 0.5) is 10.5 Å². The maximum Gasteiger partial charge on any atom is 0.412 e. The summed E-state index contributed by atoms with van der Waals surface area (Å²) in [6, 6.07) is 21.8. The molecule has 12 heteroatoms. The van der Waals surface area contributed by atoms with Gasteiger partial charge in [0.15, 0.2) is 0 Å². The number of carbonyl (C=O) groups excluding carboxylic acids is 2. The minimum Gasteiger partial charge on any atom is -0.444 e. The number of ether oxygens (including phenoxy) is 1. The zero-order valence-electron chi connectivity index (χ0n) is 21.9. The molecule has 2 heterocycles. The molecule has 3 aromatic carbocycles. The molecule has 1 aliphatic rings. The molecule has 1 aliphatic heterocycles. The highest BCUT2D eigenvalue weighted by Crippen LogP contribution is 2.34. The lowest BCUT2D eigenvalue weighted by atomic mass is 10.1. The van der Waals surface area contributed by atoms with Crippen LogP contribution < -0.4 is 5.32 Å². The quantitative estimate of drug-likeness (QED) is 0.278. The van der Waals surface area contributed by atoms with Crippen LogP contribution in [0, 0.1) is 11.3 Å². The van der Waals surface area contributed by atoms with E-state index in [1.165, 1.54) is 30.5 Å². The van der Waals surface area contributed by atoms with E-state index < -0.39 is 22.2 Å². The molecule has 5 rings (SSSR count). The summed E-state index contributed by atoms with van der Waals surface area (Å²) in [5.74, 6) is -0.276. The Bertz CT molecular complexity index is 1770. The second-order valence-corrected chi connectivity index (χ2v) is 13.0. The van der Waals surface area contributed by atoms with E-state index in [9.17, 15) is 18.0 Å². The number of carbonyl (C=O) groups is 2. The summed E-state index contributed by atoms with van der Waals surface area (Å²) in [6.07, 6.45) is -0.310. The van der Waals surface area contributed by atoms with Crippen LogP contribution >= 0.6 is 22.9 Å². The highest BCUT2D eigenvalue weighted by molar-refractivity contribution is 7.89. The number of likely N-dealkylation sites (tertiary alicyclic amines) is 1. The van der Waals surface area contributed by atoms with E-state index in [4.69, 9.17) is 21.6 Å². The fourth-order valence-electron chi connectivity index (χ4n) is 4.66. The second kappa shape index (κ2) is 11.9. The highest BCUT2D eigenvalue weighted by atomic mass is 35.5. The Hall–Kier alpha value is -3.95. The number of thiophene rings is 1. The first-order valence-corrected chi connectivity index (χ1v) is 15.3. The third-order valence-electron chi connectivity index (χ3n) is 6.88. The molecule has 0 unspecified atom stereocenters. The molecule has 1 fully saturated rings. The van der Waals surface area contributed by atoms with Crippen molar-refractivity contribution >= 4 is 61.4 Å². The van der Waals surface area contributed by atoms with Crippen molar-refractivity contribution in [2.45, 2.75) is 30.5 Å². The fourth-order valence-corrected chi connectivity index (χ4v) is 7.14. The Morgan fingerprint density at radius 2 is 1.95 bits per heavy atom. The molecule has 0 saturated carbocycles. The number of nitrogens with one attached hydrogen (secondary N) is 1. The van der Waals surface area contributed by atoms with Gasteiger partial charge in [0, 0.05) is 23.9 Å². The first kappa shape index (κ1) is 28.6. The van der Waals surface area contributed by atoms with Crippen LogP contribution in [0.2, 0.25) is 5.02 Å². The topological polar surface area (TPSA) is 120 Å². The van der Waals surface area contributed by atoms with Gasteiger partial charge in [-0.05, 0) is 47.7 Å². The molecule has 1 saturated heterocycles. The fraction of sp³-hybridized carbons (Fsp3) is 0.207. The van der Waals surface area contributed by atoms with Crippen molar-refractivity contribution < 1.29 is 22.7 Å². The normalized spacial score (nSPS) is 15.3. The molecule has 0 aliphatic carbocycles. The van der Waals surface area contributed by atoms with Gasteiger partial charge in [0.05, 0.1) is 22.2 Å². The van der Waals surface area contributed by atoms with Crippen molar-refractivity contribution in [1.82, 2.24) is 9.21 Å². The molecule has 0 bridgehead atoms. The molecule has 4 aromatic rings. The highest BCUT2D eigenvalue weighted by Gasteiger charge is 2.40. The first-order chi connectivity index (χ1) is 19.7. The van der Waals surface area contributed by atoms with Gasteiger partial charge >= 0.3 is 6.09 Å². The van der Waals surface area contributed by atoms with E-state index >= 15 is 0 Å². The molecule has 41 heavy (non-hydrogen) atoms. The number of nitrogens with zero attached hydrogens (tertiary/aromatic N) is 3. The van der Waals surface area contributed by atoms with Crippen LogP contribution in [0.1, 0.15) is 21.7 Å². The van der Waals surface area contributed by atoms with Gasteiger partial charge in [0.2, 0.25) is 15.9 Å². The maximum atomic E-state index is 13.5. The van der Waals surface area contributed by atoms with Crippen LogP contribution in [-0.4, -0.2) is 49.3 Å². The van der Waals surface area contributed by atoms with Gasteiger partial charge in [-0.1, -0.05) is 54.1 Å². The molecule has 9 nitrogen and oxygen atoms in total. The number of hydrogen-bond acceptors (Lipinski definition) is 7. The maximum absolute atomic E-state index is 13.5. The van der Waals surface area contributed by atoms with Crippen molar-refractivity contribution in [1.29, 1.82) is 5.26 Å². The SMILES string of the molecule is CN([C@H]1CCN(Cc2ccc(C#N)s2)C1=O)S(=O)(=O)c1ccc2c(Cl)c(NC(=O)OCc3ccccc3)ccc2c1. The van der Waals surface area contributed by atoms with Crippen molar-refractivity contribution in [2.75, 3.05) is 18.9 Å². The van der Waals surface area contributed by atoms with Gasteiger partial charge in [0.1, 0.15) is 23.6 Å². The number of hydrogen-bond donors (Lipinski definition) is 1. The number of nitriles is 1.